The number of nitrogens with zero attached hydrogens (tertiary/aromatic N) is 2. The highest BCUT2D eigenvalue weighted by Gasteiger charge is 2.16. The highest BCUT2D eigenvalue weighted by Crippen LogP contribution is 2.18. The molecule has 0 aliphatic rings. The molecule has 9 heteroatoms. The molecule has 122 valence electrons. The number of anilines is 1. The molecule has 8 nitrogen and oxygen atoms in total. The predicted molar refractivity (Wildman–Crippen MR) is 86.3 cm³/mol. The highest BCUT2D eigenvalue weighted by molar-refractivity contribution is 7.15. The highest BCUT2D eigenvalue weighted by atomic mass is 32.1. The molecule has 24 heavy (non-hydrogen) atoms. The molecular weight excluding hydrogens is 334 g/mol. The number of carbonyl (C=O) groups is 2. The Balaban J connectivity index is 1.79. The van der Waals surface area contributed by atoms with Gasteiger partial charge >= 0.3 is 11.6 Å². The molecule has 0 saturated heterocycles. The molecule has 0 fully saturated rings. The smallest absolute Gasteiger partial charge is 0.349 e. The SMILES string of the molecule is O=C(O)CCc1nnc(NC(=O)c2cc3ccccc3oc2=O)s1. The van der Waals surface area contributed by atoms with Gasteiger partial charge < -0.3 is 9.52 Å². The number of rotatable bonds is 5. The summed E-state index contributed by atoms with van der Waals surface area (Å²) in [5.74, 6) is -1.60. The minimum atomic E-state index is -0.940. The fraction of sp³-hybridized carbons (Fsp3) is 0.133. The first kappa shape index (κ1) is 15.8. The molecule has 0 spiro atoms. The standard InChI is InChI=1S/C15H11N3O5S/c19-12(20)6-5-11-17-18-15(24-11)16-13(21)9-7-8-3-1-2-4-10(8)23-14(9)22/h1-4,7H,5-6H2,(H,19,20)(H,16,18,21). The van der Waals surface area contributed by atoms with Gasteiger partial charge in [-0.05, 0) is 12.1 Å². The number of hydrogen-bond donors (Lipinski definition) is 2. The van der Waals surface area contributed by atoms with Gasteiger partial charge in [-0.2, -0.15) is 0 Å². The number of carboxylic acid groups (broad SMARTS) is 1. The van der Waals surface area contributed by atoms with Crippen LogP contribution in [0.3, 0.4) is 0 Å². The number of carboxylic acids is 1. The van der Waals surface area contributed by atoms with E-state index in [-0.39, 0.29) is 23.5 Å². The second-order valence-electron chi connectivity index (χ2n) is 4.83. The van der Waals surface area contributed by atoms with Crippen LogP contribution in [0.4, 0.5) is 5.13 Å². The minimum absolute atomic E-state index is 0.0726. The Kier molecular flexibility index (Phi) is 4.34. The van der Waals surface area contributed by atoms with Crippen LogP contribution >= 0.6 is 11.3 Å². The molecular formula is C15H11N3O5S. The molecule has 0 radical (unpaired) electrons. The number of aromatic nitrogens is 2. The molecule has 3 rings (SSSR count). The van der Waals surface area contributed by atoms with Crippen LogP contribution in [0.1, 0.15) is 21.8 Å². The van der Waals surface area contributed by atoms with Crippen molar-refractivity contribution in [1.29, 1.82) is 0 Å². The summed E-state index contributed by atoms with van der Waals surface area (Å²) in [7, 11) is 0. The third kappa shape index (κ3) is 3.46. The Morgan fingerprint density at radius 2 is 2.04 bits per heavy atom. The molecule has 1 amide bonds. The van der Waals surface area contributed by atoms with Crippen LogP contribution in [0.2, 0.25) is 0 Å². The van der Waals surface area contributed by atoms with E-state index in [1.807, 2.05) is 0 Å². The van der Waals surface area contributed by atoms with E-state index in [1.165, 1.54) is 6.07 Å². The number of aryl methyl sites for hydroxylation is 1. The number of amides is 1. The van der Waals surface area contributed by atoms with Gasteiger partial charge in [0.25, 0.3) is 5.91 Å². The van der Waals surface area contributed by atoms with E-state index in [0.717, 1.165) is 11.3 Å². The van der Waals surface area contributed by atoms with E-state index < -0.39 is 17.5 Å². The summed E-state index contributed by atoms with van der Waals surface area (Å²) in [6.45, 7) is 0. The molecule has 0 atom stereocenters. The first-order valence-electron chi connectivity index (χ1n) is 6.91. The van der Waals surface area contributed by atoms with Crippen LogP contribution in [-0.4, -0.2) is 27.2 Å². The number of carbonyl (C=O) groups excluding carboxylic acids is 1. The topological polar surface area (TPSA) is 122 Å². The third-order valence-electron chi connectivity index (χ3n) is 3.13. The van der Waals surface area contributed by atoms with Crippen molar-refractivity contribution in [3.05, 3.63) is 51.3 Å². The monoisotopic (exact) mass is 345 g/mol. The Morgan fingerprint density at radius 1 is 1.25 bits per heavy atom. The van der Waals surface area contributed by atoms with E-state index >= 15 is 0 Å². The maximum absolute atomic E-state index is 12.2. The van der Waals surface area contributed by atoms with E-state index in [4.69, 9.17) is 9.52 Å². The number of para-hydroxylation sites is 1. The zero-order valence-electron chi connectivity index (χ0n) is 12.2. The van der Waals surface area contributed by atoms with Crippen LogP contribution in [0.15, 0.2) is 39.5 Å². The van der Waals surface area contributed by atoms with Gasteiger partial charge in [-0.25, -0.2) is 4.79 Å². The zero-order chi connectivity index (χ0) is 17.1. The number of benzene rings is 1. The van der Waals surface area contributed by atoms with Gasteiger partial charge in [0.1, 0.15) is 16.2 Å². The van der Waals surface area contributed by atoms with Gasteiger partial charge in [0.05, 0.1) is 6.42 Å². The lowest BCUT2D eigenvalue weighted by Crippen LogP contribution is -2.20. The largest absolute Gasteiger partial charge is 0.481 e. The maximum Gasteiger partial charge on any atom is 0.349 e. The zero-order valence-corrected chi connectivity index (χ0v) is 13.0. The predicted octanol–water partition coefficient (Wildman–Crippen LogP) is 1.91. The number of fused-ring (bicyclic) bond motifs is 1. The molecule has 3 aromatic rings. The average molecular weight is 345 g/mol. The molecule has 0 aliphatic heterocycles. The number of hydrogen-bond acceptors (Lipinski definition) is 7. The molecule has 0 unspecified atom stereocenters. The van der Waals surface area contributed by atoms with Crippen LogP contribution < -0.4 is 10.9 Å². The first-order chi connectivity index (χ1) is 11.5. The van der Waals surface area contributed by atoms with E-state index in [9.17, 15) is 14.4 Å². The minimum Gasteiger partial charge on any atom is -0.481 e. The Labute approximate surface area is 138 Å². The van der Waals surface area contributed by atoms with Gasteiger partial charge in [-0.1, -0.05) is 29.5 Å². The van der Waals surface area contributed by atoms with Gasteiger partial charge in [0.2, 0.25) is 5.13 Å². The Morgan fingerprint density at radius 3 is 2.83 bits per heavy atom. The van der Waals surface area contributed by atoms with Crippen LogP contribution in [0, 0.1) is 0 Å². The van der Waals surface area contributed by atoms with Gasteiger partial charge in [-0.3, -0.25) is 14.9 Å². The summed E-state index contributed by atoms with van der Waals surface area (Å²) in [5, 5.41) is 20.0. The number of nitrogens with one attached hydrogen (secondary N) is 1. The lowest BCUT2D eigenvalue weighted by molar-refractivity contribution is -0.136. The lowest BCUT2D eigenvalue weighted by atomic mass is 10.2. The van der Waals surface area contributed by atoms with Crippen molar-refractivity contribution in [1.82, 2.24) is 10.2 Å². The van der Waals surface area contributed by atoms with Crippen molar-refractivity contribution < 1.29 is 19.1 Å². The van der Waals surface area contributed by atoms with Crippen LogP contribution in [0.5, 0.6) is 0 Å². The molecule has 1 aromatic carbocycles. The molecule has 2 N–H and O–H groups in total. The van der Waals surface area contributed by atoms with Crippen molar-refractivity contribution in [2.24, 2.45) is 0 Å². The van der Waals surface area contributed by atoms with Crippen molar-refractivity contribution >= 4 is 39.3 Å². The summed E-state index contributed by atoms with van der Waals surface area (Å²) in [6, 6.07) is 8.30. The molecule has 0 saturated carbocycles. The van der Waals surface area contributed by atoms with Crippen molar-refractivity contribution in [2.75, 3.05) is 5.32 Å². The van der Waals surface area contributed by atoms with E-state index in [2.05, 4.69) is 15.5 Å². The van der Waals surface area contributed by atoms with Crippen molar-refractivity contribution in [2.45, 2.75) is 12.8 Å². The first-order valence-corrected chi connectivity index (χ1v) is 7.73. The van der Waals surface area contributed by atoms with Crippen LogP contribution in [-0.2, 0) is 11.2 Å². The van der Waals surface area contributed by atoms with Gasteiger partial charge in [-0.15, -0.1) is 10.2 Å². The van der Waals surface area contributed by atoms with Crippen molar-refractivity contribution in [3.63, 3.8) is 0 Å². The van der Waals surface area contributed by atoms with Crippen LogP contribution in [0.25, 0.3) is 11.0 Å². The molecule has 0 bridgehead atoms. The van der Waals surface area contributed by atoms with Gasteiger partial charge in [0.15, 0.2) is 0 Å². The van der Waals surface area contributed by atoms with Crippen molar-refractivity contribution in [3.8, 4) is 0 Å². The second-order valence-corrected chi connectivity index (χ2v) is 5.90. The maximum atomic E-state index is 12.2. The third-order valence-corrected chi connectivity index (χ3v) is 4.02. The lowest BCUT2D eigenvalue weighted by Gasteiger charge is -2.01. The summed E-state index contributed by atoms with van der Waals surface area (Å²) in [4.78, 5) is 34.7. The average Bonchev–Trinajstić information content (AvgIpc) is 2.99. The van der Waals surface area contributed by atoms with E-state index in [1.54, 1.807) is 24.3 Å². The summed E-state index contributed by atoms with van der Waals surface area (Å²) >= 11 is 1.06. The Bertz CT molecular complexity index is 978. The normalized spacial score (nSPS) is 10.7. The Hall–Kier alpha value is -3.07. The summed E-state index contributed by atoms with van der Waals surface area (Å²) in [5.41, 5.74) is -0.497. The fourth-order valence-corrected chi connectivity index (χ4v) is 2.74. The second kappa shape index (κ2) is 6.59. The van der Waals surface area contributed by atoms with Gasteiger partial charge in [0, 0.05) is 11.8 Å². The van der Waals surface area contributed by atoms with E-state index in [0.29, 0.717) is 16.0 Å². The molecule has 0 aliphatic carbocycles. The fourth-order valence-electron chi connectivity index (χ4n) is 2.00. The molecule has 2 heterocycles. The number of aliphatic carboxylic acids is 1. The quantitative estimate of drug-likeness (QED) is 0.677. The summed E-state index contributed by atoms with van der Waals surface area (Å²) in [6.07, 6.45) is 0.151. The molecule has 2 aromatic heterocycles. The summed E-state index contributed by atoms with van der Waals surface area (Å²) < 4.78 is 5.11.